The Morgan fingerprint density at radius 2 is 1.96 bits per heavy atom. The zero-order valence-electron chi connectivity index (χ0n) is 12.4. The van der Waals surface area contributed by atoms with Gasteiger partial charge in [0, 0.05) is 31.0 Å². The normalized spacial score (nSPS) is 11.2. The first-order valence-electron chi connectivity index (χ1n) is 7.15. The number of benzene rings is 1. The summed E-state index contributed by atoms with van der Waals surface area (Å²) in [5, 5.41) is 15.4. The molecule has 0 aliphatic carbocycles. The van der Waals surface area contributed by atoms with Crippen LogP contribution in [0.5, 0.6) is 0 Å². The van der Waals surface area contributed by atoms with Crippen molar-refractivity contribution in [2.45, 2.75) is 13.5 Å². The zero-order chi connectivity index (χ0) is 15.8. The molecule has 0 radical (unpaired) electrons. The van der Waals surface area contributed by atoms with Crippen LogP contribution in [-0.2, 0) is 6.54 Å². The van der Waals surface area contributed by atoms with Crippen LogP contribution in [0.4, 0.5) is 0 Å². The number of para-hydroxylation sites is 2. The van der Waals surface area contributed by atoms with Crippen molar-refractivity contribution in [3.8, 4) is 11.5 Å². The molecule has 23 heavy (non-hydrogen) atoms. The molecule has 0 amide bonds. The first kappa shape index (κ1) is 13.4. The van der Waals surface area contributed by atoms with Gasteiger partial charge in [-0.25, -0.2) is 4.98 Å². The third-order valence-corrected chi connectivity index (χ3v) is 3.78. The lowest BCUT2D eigenvalue weighted by atomic mass is 10.2. The second-order valence-electron chi connectivity index (χ2n) is 5.23. The van der Waals surface area contributed by atoms with Gasteiger partial charge in [0.15, 0.2) is 5.82 Å². The number of imidazole rings is 1. The third kappa shape index (κ3) is 2.22. The molecule has 0 saturated heterocycles. The number of pyridine rings is 1. The minimum atomic E-state index is 0.385. The molecule has 114 valence electrons. The van der Waals surface area contributed by atoms with E-state index in [1.165, 1.54) is 0 Å². The molecule has 7 nitrogen and oxygen atoms in total. The van der Waals surface area contributed by atoms with Gasteiger partial charge in [0.2, 0.25) is 5.69 Å². The van der Waals surface area contributed by atoms with Crippen molar-refractivity contribution in [1.82, 2.24) is 19.7 Å². The molecule has 3 heterocycles. The average molecular weight is 307 g/mol. The quantitative estimate of drug-likeness (QED) is 0.541. The van der Waals surface area contributed by atoms with E-state index in [0.29, 0.717) is 28.7 Å². The van der Waals surface area contributed by atoms with Gasteiger partial charge >= 0.3 is 0 Å². The Kier molecular flexibility index (Phi) is 3.04. The number of nitrogens with zero attached hydrogens (tertiary/aromatic N) is 5. The maximum Gasteiger partial charge on any atom is 0.286 e. The Bertz CT molecular complexity index is 975. The smallest absolute Gasteiger partial charge is 0.286 e. The highest BCUT2D eigenvalue weighted by Crippen LogP contribution is 2.25. The van der Waals surface area contributed by atoms with E-state index in [2.05, 4.69) is 15.1 Å². The highest BCUT2D eigenvalue weighted by molar-refractivity contribution is 5.80. The maximum absolute atomic E-state index is 11.5. The molecule has 0 aliphatic heterocycles. The monoisotopic (exact) mass is 307 g/mol. The van der Waals surface area contributed by atoms with E-state index >= 15 is 0 Å². The molecule has 0 atom stereocenters. The molecular formula is C16H13N5O2. The van der Waals surface area contributed by atoms with Crippen molar-refractivity contribution in [2.24, 2.45) is 0 Å². The Morgan fingerprint density at radius 3 is 2.70 bits per heavy atom. The molecule has 0 unspecified atom stereocenters. The molecule has 0 N–H and O–H groups in total. The molecule has 4 aromatic rings. The van der Waals surface area contributed by atoms with Crippen LogP contribution in [0.25, 0.3) is 22.6 Å². The van der Waals surface area contributed by atoms with E-state index in [1.54, 1.807) is 19.3 Å². The second kappa shape index (κ2) is 5.20. The maximum atomic E-state index is 11.5. The summed E-state index contributed by atoms with van der Waals surface area (Å²) < 4.78 is 6.72. The fraction of sp³-hybridized carbons (Fsp3) is 0.125. The number of aromatic nitrogens is 5. The molecule has 0 saturated carbocycles. The van der Waals surface area contributed by atoms with E-state index in [9.17, 15) is 5.21 Å². The topological polar surface area (TPSA) is 83.7 Å². The minimum Gasteiger partial charge on any atom is -0.359 e. The Labute approximate surface area is 131 Å². The van der Waals surface area contributed by atoms with Crippen molar-refractivity contribution in [3.63, 3.8) is 0 Å². The van der Waals surface area contributed by atoms with E-state index in [0.717, 1.165) is 16.6 Å². The fourth-order valence-electron chi connectivity index (χ4n) is 2.58. The van der Waals surface area contributed by atoms with Gasteiger partial charge in [0.1, 0.15) is 0 Å². The summed E-state index contributed by atoms with van der Waals surface area (Å²) in [5.41, 5.74) is 3.73. The van der Waals surface area contributed by atoms with Crippen molar-refractivity contribution in [2.75, 3.05) is 0 Å². The highest BCUT2D eigenvalue weighted by atomic mass is 16.8. The summed E-state index contributed by atoms with van der Waals surface area (Å²) in [5.74, 6) is 0.610. The van der Waals surface area contributed by atoms with Crippen LogP contribution in [0, 0.1) is 12.1 Å². The number of rotatable bonds is 3. The second-order valence-corrected chi connectivity index (χ2v) is 5.23. The van der Waals surface area contributed by atoms with Crippen molar-refractivity contribution >= 4 is 11.0 Å². The minimum absolute atomic E-state index is 0.385. The Hall–Kier alpha value is -3.22. The van der Waals surface area contributed by atoms with Gasteiger partial charge in [0.25, 0.3) is 5.69 Å². The highest BCUT2D eigenvalue weighted by Gasteiger charge is 2.24. The van der Waals surface area contributed by atoms with Gasteiger partial charge < -0.3 is 9.77 Å². The molecule has 0 spiro atoms. The third-order valence-electron chi connectivity index (χ3n) is 3.78. The number of hydrogen-bond donors (Lipinski definition) is 0. The van der Waals surface area contributed by atoms with Gasteiger partial charge in [-0.05, 0) is 34.7 Å². The molecular weight excluding hydrogens is 294 g/mol. The van der Waals surface area contributed by atoms with Gasteiger partial charge in [0.05, 0.1) is 11.0 Å². The molecule has 0 fully saturated rings. The van der Waals surface area contributed by atoms with Crippen LogP contribution in [-0.4, -0.2) is 19.7 Å². The van der Waals surface area contributed by atoms with E-state index in [1.807, 2.05) is 41.0 Å². The largest absolute Gasteiger partial charge is 0.359 e. The van der Waals surface area contributed by atoms with Crippen molar-refractivity contribution in [1.29, 1.82) is 0 Å². The lowest BCUT2D eigenvalue weighted by Gasteiger charge is -2.06. The van der Waals surface area contributed by atoms with Crippen LogP contribution in [0.3, 0.4) is 0 Å². The summed E-state index contributed by atoms with van der Waals surface area (Å²) in [6.07, 6.45) is 3.50. The van der Waals surface area contributed by atoms with E-state index < -0.39 is 0 Å². The van der Waals surface area contributed by atoms with Gasteiger partial charge in [-0.15, -0.1) is 0 Å². The lowest BCUT2D eigenvalue weighted by molar-refractivity contribution is -0.806. The van der Waals surface area contributed by atoms with Crippen molar-refractivity contribution in [3.05, 3.63) is 65.3 Å². The summed E-state index contributed by atoms with van der Waals surface area (Å²) >= 11 is 0. The van der Waals surface area contributed by atoms with Gasteiger partial charge in [-0.3, -0.25) is 9.61 Å². The van der Waals surface area contributed by atoms with Crippen LogP contribution < -0.4 is 4.90 Å². The Morgan fingerprint density at radius 1 is 1.17 bits per heavy atom. The molecule has 0 bridgehead atoms. The molecule has 1 aromatic carbocycles. The zero-order valence-corrected chi connectivity index (χ0v) is 12.4. The van der Waals surface area contributed by atoms with Gasteiger partial charge in [-0.2, -0.15) is 0 Å². The average Bonchev–Trinajstić information content (AvgIpc) is 3.10. The number of hydrogen-bond acceptors (Lipinski definition) is 5. The van der Waals surface area contributed by atoms with E-state index in [4.69, 9.17) is 4.63 Å². The standard InChI is InChI=1S/C16H13N5O2/c1-11-15(19-23-21(11)22)16-18-13-4-2-3-5-14(13)20(16)10-12-6-8-17-9-7-12/h2-9H,10H2,1H3. The molecule has 0 aliphatic rings. The summed E-state index contributed by atoms with van der Waals surface area (Å²) in [6, 6.07) is 11.7. The van der Waals surface area contributed by atoms with Crippen LogP contribution in [0.1, 0.15) is 11.3 Å². The van der Waals surface area contributed by atoms with E-state index in [-0.39, 0.29) is 0 Å². The van der Waals surface area contributed by atoms with Crippen LogP contribution >= 0.6 is 0 Å². The summed E-state index contributed by atoms with van der Waals surface area (Å²) in [4.78, 5) is 9.06. The molecule has 3 aromatic heterocycles. The molecule has 7 heteroatoms. The van der Waals surface area contributed by atoms with Crippen molar-refractivity contribution < 1.29 is 9.53 Å². The van der Waals surface area contributed by atoms with Gasteiger partial charge in [-0.1, -0.05) is 12.1 Å². The SMILES string of the molecule is Cc1c(-c2nc3ccccc3n2Cc2ccncc2)no[n+]1[O-]. The summed E-state index contributed by atoms with van der Waals surface area (Å²) in [7, 11) is 0. The predicted octanol–water partition coefficient (Wildman–Crippen LogP) is 2.08. The van der Waals surface area contributed by atoms with Crippen LogP contribution in [0.2, 0.25) is 0 Å². The predicted molar refractivity (Wildman–Crippen MR) is 82.3 cm³/mol. The fourth-order valence-corrected chi connectivity index (χ4v) is 2.58. The molecule has 4 rings (SSSR count). The Balaban J connectivity index is 1.93. The summed E-state index contributed by atoms with van der Waals surface area (Å²) in [6.45, 7) is 2.26. The lowest BCUT2D eigenvalue weighted by Crippen LogP contribution is -2.25. The first-order valence-corrected chi connectivity index (χ1v) is 7.15. The first-order chi connectivity index (χ1) is 11.2. The number of fused-ring (bicyclic) bond motifs is 1. The van der Waals surface area contributed by atoms with Crippen LogP contribution in [0.15, 0.2) is 53.4 Å².